The number of hydrogen-bond donors (Lipinski definition) is 1. The second-order valence-corrected chi connectivity index (χ2v) is 5.56. The van der Waals surface area contributed by atoms with Crippen molar-refractivity contribution in [1.29, 1.82) is 0 Å². The average molecular weight is 290 g/mol. The SMILES string of the molecule is Cc1csc(C(=O)N(CCC(=O)O)C(C)C)c1Cl. The van der Waals surface area contributed by atoms with E-state index in [-0.39, 0.29) is 24.9 Å². The lowest BCUT2D eigenvalue weighted by Gasteiger charge is -2.25. The molecular formula is C12H16ClNO3S. The van der Waals surface area contributed by atoms with Crippen LogP contribution in [0.25, 0.3) is 0 Å². The first-order valence-electron chi connectivity index (χ1n) is 5.61. The molecule has 1 rings (SSSR count). The largest absolute Gasteiger partial charge is 0.481 e. The summed E-state index contributed by atoms with van der Waals surface area (Å²) in [5, 5.41) is 11.0. The molecule has 1 heterocycles. The molecule has 4 nitrogen and oxygen atoms in total. The predicted molar refractivity (Wildman–Crippen MR) is 72.5 cm³/mol. The first-order valence-corrected chi connectivity index (χ1v) is 6.86. The van der Waals surface area contributed by atoms with Crippen LogP contribution in [0.1, 0.15) is 35.5 Å². The summed E-state index contributed by atoms with van der Waals surface area (Å²) in [5.41, 5.74) is 0.868. The lowest BCUT2D eigenvalue weighted by Crippen LogP contribution is -2.38. The normalized spacial score (nSPS) is 10.7. The number of aryl methyl sites for hydroxylation is 1. The number of carboxylic acid groups (broad SMARTS) is 1. The Morgan fingerprint density at radius 1 is 1.50 bits per heavy atom. The summed E-state index contributed by atoms with van der Waals surface area (Å²) < 4.78 is 0. The minimum atomic E-state index is -0.915. The Labute approximate surface area is 115 Å². The molecule has 100 valence electrons. The van der Waals surface area contributed by atoms with Crippen LogP contribution in [0.5, 0.6) is 0 Å². The smallest absolute Gasteiger partial charge is 0.305 e. The third kappa shape index (κ3) is 3.46. The Bertz CT molecular complexity index is 456. The number of hydrogen-bond acceptors (Lipinski definition) is 3. The van der Waals surface area contributed by atoms with E-state index in [0.29, 0.717) is 9.90 Å². The Hall–Kier alpha value is -1.07. The van der Waals surface area contributed by atoms with Crippen molar-refractivity contribution in [3.63, 3.8) is 0 Å². The van der Waals surface area contributed by atoms with Crippen molar-refractivity contribution in [2.24, 2.45) is 0 Å². The van der Waals surface area contributed by atoms with Gasteiger partial charge in [-0.05, 0) is 31.7 Å². The molecule has 0 saturated heterocycles. The summed E-state index contributed by atoms with van der Waals surface area (Å²) in [6, 6.07) is -0.0599. The van der Waals surface area contributed by atoms with Crippen molar-refractivity contribution in [3.8, 4) is 0 Å². The van der Waals surface area contributed by atoms with Gasteiger partial charge in [0, 0.05) is 12.6 Å². The van der Waals surface area contributed by atoms with Crippen LogP contribution in [-0.4, -0.2) is 34.5 Å². The van der Waals surface area contributed by atoms with Crippen molar-refractivity contribution in [2.45, 2.75) is 33.2 Å². The highest BCUT2D eigenvalue weighted by atomic mass is 35.5. The highest BCUT2D eigenvalue weighted by Crippen LogP contribution is 2.28. The number of carbonyl (C=O) groups excluding carboxylic acids is 1. The van der Waals surface area contributed by atoms with E-state index in [2.05, 4.69) is 0 Å². The Morgan fingerprint density at radius 3 is 2.50 bits per heavy atom. The number of halogens is 1. The average Bonchev–Trinajstić information content (AvgIpc) is 2.58. The van der Waals surface area contributed by atoms with Gasteiger partial charge in [0.25, 0.3) is 5.91 Å². The number of carbonyl (C=O) groups is 2. The highest BCUT2D eigenvalue weighted by Gasteiger charge is 2.23. The molecule has 18 heavy (non-hydrogen) atoms. The van der Waals surface area contributed by atoms with Gasteiger partial charge in [-0.25, -0.2) is 0 Å². The van der Waals surface area contributed by atoms with Crippen LogP contribution in [0.4, 0.5) is 0 Å². The van der Waals surface area contributed by atoms with Gasteiger partial charge >= 0.3 is 5.97 Å². The molecule has 0 aliphatic carbocycles. The van der Waals surface area contributed by atoms with Crippen molar-refractivity contribution >= 4 is 34.8 Å². The van der Waals surface area contributed by atoms with Crippen LogP contribution in [0.2, 0.25) is 5.02 Å². The topological polar surface area (TPSA) is 57.6 Å². The minimum Gasteiger partial charge on any atom is -0.481 e. The number of rotatable bonds is 5. The molecule has 0 radical (unpaired) electrons. The Balaban J connectivity index is 2.89. The fraction of sp³-hybridized carbons (Fsp3) is 0.500. The van der Waals surface area contributed by atoms with Crippen molar-refractivity contribution < 1.29 is 14.7 Å². The van der Waals surface area contributed by atoms with E-state index in [9.17, 15) is 9.59 Å². The molecule has 0 fully saturated rings. The fourth-order valence-corrected chi connectivity index (χ4v) is 2.74. The molecule has 0 aliphatic rings. The van der Waals surface area contributed by atoms with Crippen LogP contribution in [0.3, 0.4) is 0 Å². The molecule has 0 aliphatic heterocycles. The molecule has 0 saturated carbocycles. The molecule has 0 bridgehead atoms. The zero-order valence-electron chi connectivity index (χ0n) is 10.6. The first-order chi connectivity index (χ1) is 8.34. The van der Waals surface area contributed by atoms with Gasteiger partial charge in [0.05, 0.1) is 11.4 Å². The monoisotopic (exact) mass is 289 g/mol. The van der Waals surface area contributed by atoms with Gasteiger partial charge in [0.15, 0.2) is 0 Å². The second-order valence-electron chi connectivity index (χ2n) is 4.30. The molecule has 6 heteroatoms. The molecule has 1 amide bonds. The molecule has 1 aromatic rings. The summed E-state index contributed by atoms with van der Waals surface area (Å²) >= 11 is 7.36. The number of nitrogens with zero attached hydrogens (tertiary/aromatic N) is 1. The van der Waals surface area contributed by atoms with Gasteiger partial charge in [0.2, 0.25) is 0 Å². The van der Waals surface area contributed by atoms with Crippen molar-refractivity contribution in [1.82, 2.24) is 4.90 Å². The van der Waals surface area contributed by atoms with E-state index in [1.54, 1.807) is 0 Å². The van der Waals surface area contributed by atoms with Crippen LogP contribution >= 0.6 is 22.9 Å². The van der Waals surface area contributed by atoms with Crippen LogP contribution < -0.4 is 0 Å². The third-order valence-electron chi connectivity index (χ3n) is 2.54. The van der Waals surface area contributed by atoms with E-state index < -0.39 is 5.97 Å². The summed E-state index contributed by atoms with van der Waals surface area (Å²) in [7, 11) is 0. The standard InChI is InChI=1S/C12H16ClNO3S/c1-7(2)14(5-4-9(15)16)12(17)11-10(13)8(3)6-18-11/h6-7H,4-5H2,1-3H3,(H,15,16). The number of amides is 1. The summed E-state index contributed by atoms with van der Waals surface area (Å²) in [4.78, 5) is 24.9. The predicted octanol–water partition coefficient (Wildman–Crippen LogP) is 3.04. The third-order valence-corrected chi connectivity index (χ3v) is 4.23. The molecular weight excluding hydrogens is 274 g/mol. The lowest BCUT2D eigenvalue weighted by atomic mass is 10.2. The van der Waals surface area contributed by atoms with Gasteiger partial charge in [-0.15, -0.1) is 11.3 Å². The maximum absolute atomic E-state index is 12.3. The van der Waals surface area contributed by atoms with E-state index >= 15 is 0 Å². The maximum atomic E-state index is 12.3. The zero-order chi connectivity index (χ0) is 13.9. The molecule has 0 aromatic carbocycles. The molecule has 1 N–H and O–H groups in total. The second kappa shape index (κ2) is 6.20. The quantitative estimate of drug-likeness (QED) is 0.906. The maximum Gasteiger partial charge on any atom is 0.305 e. The van der Waals surface area contributed by atoms with E-state index in [1.165, 1.54) is 16.2 Å². The van der Waals surface area contributed by atoms with Crippen LogP contribution in [-0.2, 0) is 4.79 Å². The molecule has 0 spiro atoms. The Morgan fingerprint density at radius 2 is 2.11 bits per heavy atom. The van der Waals surface area contributed by atoms with E-state index in [0.717, 1.165) is 5.56 Å². The van der Waals surface area contributed by atoms with Gasteiger partial charge in [0.1, 0.15) is 4.88 Å². The van der Waals surface area contributed by atoms with E-state index in [1.807, 2.05) is 26.2 Å². The summed E-state index contributed by atoms with van der Waals surface area (Å²) in [6.45, 7) is 5.74. The molecule has 0 atom stereocenters. The van der Waals surface area contributed by atoms with Gasteiger partial charge < -0.3 is 10.0 Å². The fourth-order valence-electron chi connectivity index (χ4n) is 1.51. The number of thiophene rings is 1. The van der Waals surface area contributed by atoms with Gasteiger partial charge in [-0.2, -0.15) is 0 Å². The van der Waals surface area contributed by atoms with Gasteiger partial charge in [-0.1, -0.05) is 11.6 Å². The van der Waals surface area contributed by atoms with E-state index in [4.69, 9.17) is 16.7 Å². The Kier molecular flexibility index (Phi) is 5.16. The van der Waals surface area contributed by atoms with Gasteiger partial charge in [-0.3, -0.25) is 9.59 Å². The lowest BCUT2D eigenvalue weighted by molar-refractivity contribution is -0.137. The van der Waals surface area contributed by atoms with Crippen LogP contribution in [0, 0.1) is 6.92 Å². The van der Waals surface area contributed by atoms with Crippen molar-refractivity contribution in [3.05, 3.63) is 20.8 Å². The minimum absolute atomic E-state index is 0.0599. The van der Waals surface area contributed by atoms with Crippen LogP contribution in [0.15, 0.2) is 5.38 Å². The molecule has 1 aromatic heterocycles. The summed E-state index contributed by atoms with van der Waals surface area (Å²) in [6.07, 6.45) is -0.0636. The summed E-state index contributed by atoms with van der Waals surface area (Å²) in [5.74, 6) is -1.11. The highest BCUT2D eigenvalue weighted by molar-refractivity contribution is 7.13. The number of carboxylic acids is 1. The number of aliphatic carboxylic acids is 1. The molecule has 0 unspecified atom stereocenters. The zero-order valence-corrected chi connectivity index (χ0v) is 12.1. The first kappa shape index (κ1) is 15.0. The van der Waals surface area contributed by atoms with Crippen molar-refractivity contribution in [2.75, 3.05) is 6.54 Å².